The van der Waals surface area contributed by atoms with Crippen LogP contribution in [-0.2, 0) is 0 Å². The highest BCUT2D eigenvalue weighted by atomic mass is 31.2. The zero-order chi connectivity index (χ0) is 16.1. The zero-order valence-electron chi connectivity index (χ0n) is 11.1. The number of aromatic carboxylic acids is 1. The van der Waals surface area contributed by atoms with E-state index < -0.39 is 20.5 Å². The van der Waals surface area contributed by atoms with Crippen molar-refractivity contribution >= 4 is 26.2 Å². The summed E-state index contributed by atoms with van der Waals surface area (Å²) in [5.74, 6) is -1.51. The Kier molecular flexibility index (Phi) is 5.06. The number of amides is 1. The number of nitrogens with one attached hydrogen (secondary N) is 1. The zero-order valence-corrected chi connectivity index (χ0v) is 12.0. The van der Waals surface area contributed by atoms with Gasteiger partial charge >= 0.3 is 14.6 Å². The molecule has 0 aliphatic heterocycles. The molecular weight excluding hydrogens is 309 g/mol. The first kappa shape index (κ1) is 15.9. The number of benzene rings is 2. The molecule has 0 spiro atoms. The summed E-state index contributed by atoms with van der Waals surface area (Å²) in [7, 11) is -2.50. The van der Waals surface area contributed by atoms with E-state index in [1.165, 1.54) is 42.5 Å². The van der Waals surface area contributed by atoms with Crippen molar-refractivity contribution in [1.29, 1.82) is 0 Å². The van der Waals surface area contributed by atoms with Gasteiger partial charge < -0.3 is 24.7 Å². The van der Waals surface area contributed by atoms with Gasteiger partial charge in [0.2, 0.25) is 0 Å². The second-order valence-corrected chi connectivity index (χ2v) is 4.86. The van der Waals surface area contributed by atoms with E-state index in [1.54, 1.807) is 6.07 Å². The molecule has 0 aliphatic rings. The number of hydrogen-bond donors (Lipinski definition) is 4. The molecule has 0 atom stereocenters. The Morgan fingerprint density at radius 3 is 2.09 bits per heavy atom. The molecule has 0 aliphatic carbocycles. The third kappa shape index (κ3) is 4.02. The Morgan fingerprint density at radius 2 is 1.55 bits per heavy atom. The maximum absolute atomic E-state index is 12.1. The molecule has 0 fully saturated rings. The lowest BCUT2D eigenvalue weighted by atomic mass is 10.1. The molecule has 0 bridgehead atoms. The van der Waals surface area contributed by atoms with Crippen LogP contribution in [0.2, 0.25) is 0 Å². The van der Waals surface area contributed by atoms with Gasteiger partial charge in [0.15, 0.2) is 0 Å². The lowest BCUT2D eigenvalue weighted by Gasteiger charge is -2.09. The van der Waals surface area contributed by atoms with Crippen LogP contribution in [-0.4, -0.2) is 26.8 Å². The molecule has 0 radical (unpaired) electrons. The monoisotopic (exact) mass is 321 g/mol. The molecule has 2 aromatic rings. The predicted molar refractivity (Wildman–Crippen MR) is 79.8 cm³/mol. The second-order valence-electron chi connectivity index (χ2n) is 4.17. The lowest BCUT2D eigenvalue weighted by Crippen LogP contribution is -2.16. The van der Waals surface area contributed by atoms with Gasteiger partial charge in [0, 0.05) is 5.69 Å². The SMILES string of the molecule is O=C(O)c1ccccc1C(=O)Nc1ccc(OP(O)O)cc1. The number of rotatable bonds is 5. The Balaban J connectivity index is 2.14. The van der Waals surface area contributed by atoms with E-state index in [-0.39, 0.29) is 16.9 Å². The number of carboxylic acids is 1. The van der Waals surface area contributed by atoms with E-state index in [9.17, 15) is 9.59 Å². The van der Waals surface area contributed by atoms with Crippen LogP contribution in [0, 0.1) is 0 Å². The smallest absolute Gasteiger partial charge is 0.391 e. The Morgan fingerprint density at radius 1 is 0.955 bits per heavy atom. The van der Waals surface area contributed by atoms with Crippen molar-refractivity contribution < 1.29 is 29.0 Å². The summed E-state index contributed by atoms with van der Waals surface area (Å²) in [6.07, 6.45) is 0. The lowest BCUT2D eigenvalue weighted by molar-refractivity contribution is 0.0692. The number of carbonyl (C=O) groups excluding carboxylic acids is 1. The molecule has 2 aromatic carbocycles. The Bertz CT molecular complexity index is 686. The predicted octanol–water partition coefficient (Wildman–Crippen LogP) is 2.23. The van der Waals surface area contributed by atoms with Gasteiger partial charge in [-0.25, -0.2) is 4.79 Å². The Labute approximate surface area is 126 Å². The van der Waals surface area contributed by atoms with E-state index in [1.807, 2.05) is 0 Å². The van der Waals surface area contributed by atoms with Crippen LogP contribution in [0.15, 0.2) is 48.5 Å². The third-order valence-corrected chi connectivity index (χ3v) is 3.08. The van der Waals surface area contributed by atoms with Crippen LogP contribution in [0.5, 0.6) is 5.75 Å². The highest BCUT2D eigenvalue weighted by Gasteiger charge is 2.15. The van der Waals surface area contributed by atoms with Crippen LogP contribution >= 0.6 is 8.60 Å². The van der Waals surface area contributed by atoms with Gasteiger partial charge in [-0.1, -0.05) is 12.1 Å². The van der Waals surface area contributed by atoms with Crippen molar-refractivity contribution in [3.05, 3.63) is 59.7 Å². The summed E-state index contributed by atoms with van der Waals surface area (Å²) in [4.78, 5) is 40.7. The van der Waals surface area contributed by atoms with Crippen molar-refractivity contribution in [1.82, 2.24) is 0 Å². The second kappa shape index (κ2) is 7.00. The van der Waals surface area contributed by atoms with E-state index in [2.05, 4.69) is 5.32 Å². The summed E-state index contributed by atoms with van der Waals surface area (Å²) in [5.41, 5.74) is 0.369. The summed E-state index contributed by atoms with van der Waals surface area (Å²) in [6, 6.07) is 11.8. The standard InChI is InChI=1S/C14H12NO6P/c16-13(11-3-1-2-4-12(11)14(17)18)15-9-5-7-10(8-6-9)21-22(19)20/h1-8,19-20H,(H,15,16)(H,17,18). The summed E-state index contributed by atoms with van der Waals surface area (Å²) in [6.45, 7) is 0. The fourth-order valence-electron chi connectivity index (χ4n) is 1.76. The normalized spacial score (nSPS) is 10.3. The van der Waals surface area contributed by atoms with Crippen molar-refractivity contribution in [2.75, 3.05) is 5.32 Å². The molecule has 8 heteroatoms. The van der Waals surface area contributed by atoms with Gasteiger partial charge in [-0.2, -0.15) is 0 Å². The molecule has 0 saturated heterocycles. The van der Waals surface area contributed by atoms with Gasteiger partial charge in [-0.05, 0) is 36.4 Å². The van der Waals surface area contributed by atoms with E-state index in [4.69, 9.17) is 19.4 Å². The molecule has 1 amide bonds. The van der Waals surface area contributed by atoms with Crippen LogP contribution in [0.4, 0.5) is 5.69 Å². The molecule has 2 rings (SSSR count). The van der Waals surface area contributed by atoms with Gasteiger partial charge in [0.05, 0.1) is 11.1 Å². The van der Waals surface area contributed by atoms with Crippen LogP contribution in [0.3, 0.4) is 0 Å². The molecule has 0 heterocycles. The van der Waals surface area contributed by atoms with Gasteiger partial charge in [0.25, 0.3) is 5.91 Å². The van der Waals surface area contributed by atoms with Crippen molar-refractivity contribution in [3.63, 3.8) is 0 Å². The molecule has 0 unspecified atom stereocenters. The van der Waals surface area contributed by atoms with Gasteiger partial charge in [0.1, 0.15) is 5.75 Å². The summed E-state index contributed by atoms with van der Waals surface area (Å²) < 4.78 is 4.69. The first-order chi connectivity index (χ1) is 10.5. The molecule has 114 valence electrons. The fourth-order valence-corrected chi connectivity index (χ4v) is 2.07. The highest BCUT2D eigenvalue weighted by molar-refractivity contribution is 7.39. The minimum Gasteiger partial charge on any atom is -0.478 e. The average Bonchev–Trinajstić information content (AvgIpc) is 2.48. The van der Waals surface area contributed by atoms with Crippen LogP contribution < -0.4 is 9.84 Å². The van der Waals surface area contributed by atoms with Crippen molar-refractivity contribution in [2.45, 2.75) is 0 Å². The topological polar surface area (TPSA) is 116 Å². The average molecular weight is 321 g/mol. The molecule has 0 aromatic heterocycles. The van der Waals surface area contributed by atoms with E-state index in [0.717, 1.165) is 0 Å². The molecule has 0 saturated carbocycles. The van der Waals surface area contributed by atoms with E-state index >= 15 is 0 Å². The molecular formula is C14H12NO6P. The van der Waals surface area contributed by atoms with Crippen molar-refractivity contribution in [2.24, 2.45) is 0 Å². The van der Waals surface area contributed by atoms with Crippen LogP contribution in [0.1, 0.15) is 20.7 Å². The highest BCUT2D eigenvalue weighted by Crippen LogP contribution is 2.29. The molecule has 22 heavy (non-hydrogen) atoms. The summed E-state index contributed by atoms with van der Waals surface area (Å²) >= 11 is 0. The van der Waals surface area contributed by atoms with E-state index in [0.29, 0.717) is 5.69 Å². The number of carboxylic acid groups (broad SMARTS) is 1. The first-order valence-electron chi connectivity index (χ1n) is 6.07. The fraction of sp³-hybridized carbons (Fsp3) is 0. The number of carbonyl (C=O) groups is 2. The maximum atomic E-state index is 12.1. The maximum Gasteiger partial charge on any atom is 0.391 e. The largest absolute Gasteiger partial charge is 0.478 e. The molecule has 4 N–H and O–H groups in total. The first-order valence-corrected chi connectivity index (χ1v) is 7.23. The van der Waals surface area contributed by atoms with Gasteiger partial charge in [-0.15, -0.1) is 0 Å². The summed E-state index contributed by atoms with van der Waals surface area (Å²) in [5, 5.41) is 11.6. The minimum atomic E-state index is -2.50. The van der Waals surface area contributed by atoms with Crippen molar-refractivity contribution in [3.8, 4) is 5.75 Å². The number of anilines is 1. The van der Waals surface area contributed by atoms with Gasteiger partial charge in [-0.3, -0.25) is 4.79 Å². The van der Waals surface area contributed by atoms with Crippen LogP contribution in [0.25, 0.3) is 0 Å². The number of hydrogen-bond acceptors (Lipinski definition) is 5. The quantitative estimate of drug-likeness (QED) is 0.628. The molecule has 7 nitrogen and oxygen atoms in total. The third-order valence-electron chi connectivity index (χ3n) is 2.70. The minimum absolute atomic E-state index is 0.0459. The Hall–Kier alpha value is -2.47.